The van der Waals surface area contributed by atoms with Crippen molar-refractivity contribution in [3.8, 4) is 0 Å². The van der Waals surface area contributed by atoms with E-state index in [9.17, 15) is 12.8 Å². The van der Waals surface area contributed by atoms with Crippen LogP contribution in [0.15, 0.2) is 36.7 Å². The van der Waals surface area contributed by atoms with Crippen molar-refractivity contribution in [1.29, 1.82) is 0 Å². The maximum atomic E-state index is 13.0. The molecule has 2 heterocycles. The number of rotatable bonds is 7. The van der Waals surface area contributed by atoms with E-state index < -0.39 is 10.0 Å². The van der Waals surface area contributed by atoms with Crippen LogP contribution in [-0.2, 0) is 22.3 Å². The fraction of sp³-hybridized carbons (Fsp3) is 0.526. The number of sulfonamides is 1. The summed E-state index contributed by atoms with van der Waals surface area (Å²) in [4.78, 5) is 6.69. The first kappa shape index (κ1) is 20.0. The zero-order valence-electron chi connectivity index (χ0n) is 15.9. The molecule has 1 saturated heterocycles. The normalized spacial score (nSPS) is 16.9. The highest BCUT2D eigenvalue weighted by atomic mass is 32.2. The van der Waals surface area contributed by atoms with Gasteiger partial charge in [0.25, 0.3) is 0 Å². The Balaban J connectivity index is 1.50. The van der Waals surface area contributed by atoms with Gasteiger partial charge in [-0.25, -0.2) is 17.8 Å². The van der Waals surface area contributed by atoms with Crippen LogP contribution in [0.4, 0.5) is 4.39 Å². The molecule has 148 valence electrons. The molecule has 1 fully saturated rings. The average molecular weight is 395 g/mol. The number of piperazine rings is 1. The van der Waals surface area contributed by atoms with Crippen molar-refractivity contribution in [3.05, 3.63) is 53.9 Å². The molecule has 3 rings (SSSR count). The van der Waals surface area contributed by atoms with E-state index in [1.54, 1.807) is 4.31 Å². The van der Waals surface area contributed by atoms with Gasteiger partial charge in [0.2, 0.25) is 10.0 Å². The summed E-state index contributed by atoms with van der Waals surface area (Å²) in [6.07, 6.45) is 3.83. The second kappa shape index (κ2) is 8.50. The second-order valence-electron chi connectivity index (χ2n) is 7.26. The number of hydrogen-bond donors (Lipinski definition) is 0. The molecular formula is C19H27FN4O2S. The molecule has 0 amide bonds. The summed E-state index contributed by atoms with van der Waals surface area (Å²) >= 11 is 0. The van der Waals surface area contributed by atoms with Crippen LogP contribution in [-0.4, -0.2) is 59.9 Å². The van der Waals surface area contributed by atoms with Gasteiger partial charge < -0.3 is 4.57 Å². The molecule has 0 saturated carbocycles. The maximum Gasteiger partial charge on any atom is 0.218 e. The molecule has 1 aromatic heterocycles. The van der Waals surface area contributed by atoms with E-state index in [0.717, 1.165) is 18.9 Å². The lowest BCUT2D eigenvalue weighted by Crippen LogP contribution is -2.49. The minimum atomic E-state index is -3.38. The maximum absolute atomic E-state index is 13.0. The standard InChI is InChI=1S/C19H27FN4O2S/c1-16(2)19-21-7-8-23(19)12-9-22-10-13-24(14-11-22)27(25,26)15-17-3-5-18(20)6-4-17/h3-8,16H,9-15H2,1-2H3. The molecule has 1 aliphatic heterocycles. The van der Waals surface area contributed by atoms with Crippen LogP contribution in [0.2, 0.25) is 0 Å². The van der Waals surface area contributed by atoms with E-state index in [4.69, 9.17) is 0 Å². The molecule has 1 aliphatic rings. The van der Waals surface area contributed by atoms with Gasteiger partial charge >= 0.3 is 0 Å². The van der Waals surface area contributed by atoms with Gasteiger partial charge in [-0.15, -0.1) is 0 Å². The smallest absolute Gasteiger partial charge is 0.218 e. The highest BCUT2D eigenvalue weighted by molar-refractivity contribution is 7.88. The van der Waals surface area contributed by atoms with E-state index in [1.165, 1.54) is 24.3 Å². The Morgan fingerprint density at radius 1 is 1.07 bits per heavy atom. The van der Waals surface area contributed by atoms with Crippen molar-refractivity contribution >= 4 is 10.0 Å². The number of halogens is 1. The third-order valence-electron chi connectivity index (χ3n) is 4.91. The summed E-state index contributed by atoms with van der Waals surface area (Å²) in [7, 11) is -3.38. The van der Waals surface area contributed by atoms with E-state index >= 15 is 0 Å². The Labute approximate surface area is 160 Å². The van der Waals surface area contributed by atoms with Gasteiger partial charge in [-0.1, -0.05) is 26.0 Å². The Kier molecular flexibility index (Phi) is 6.29. The van der Waals surface area contributed by atoms with Crippen LogP contribution in [0.3, 0.4) is 0 Å². The monoisotopic (exact) mass is 394 g/mol. The van der Waals surface area contributed by atoms with Gasteiger partial charge in [-0.3, -0.25) is 4.90 Å². The topological polar surface area (TPSA) is 58.4 Å². The summed E-state index contributed by atoms with van der Waals surface area (Å²) in [6.45, 7) is 8.41. The van der Waals surface area contributed by atoms with E-state index in [1.807, 2.05) is 12.4 Å². The molecule has 1 aromatic carbocycles. The lowest BCUT2D eigenvalue weighted by atomic mass is 10.2. The number of aromatic nitrogens is 2. The number of nitrogens with zero attached hydrogens (tertiary/aromatic N) is 4. The van der Waals surface area contributed by atoms with Crippen molar-refractivity contribution in [2.45, 2.75) is 32.1 Å². The van der Waals surface area contributed by atoms with Crippen molar-refractivity contribution in [3.63, 3.8) is 0 Å². The van der Waals surface area contributed by atoms with Gasteiger partial charge in [0.05, 0.1) is 5.75 Å². The van der Waals surface area contributed by atoms with Gasteiger partial charge in [0.1, 0.15) is 11.6 Å². The fourth-order valence-corrected chi connectivity index (χ4v) is 4.89. The molecule has 27 heavy (non-hydrogen) atoms. The molecule has 6 nitrogen and oxygen atoms in total. The second-order valence-corrected chi connectivity index (χ2v) is 9.23. The van der Waals surface area contributed by atoms with Crippen molar-refractivity contribution in [2.24, 2.45) is 0 Å². The molecule has 0 bridgehead atoms. The molecule has 0 aliphatic carbocycles. The molecule has 0 spiro atoms. The first-order valence-electron chi connectivity index (χ1n) is 9.31. The zero-order valence-corrected chi connectivity index (χ0v) is 16.7. The first-order chi connectivity index (χ1) is 12.8. The Bertz CT molecular complexity index is 841. The largest absolute Gasteiger partial charge is 0.333 e. The van der Waals surface area contributed by atoms with Crippen LogP contribution in [0.25, 0.3) is 0 Å². The van der Waals surface area contributed by atoms with Crippen LogP contribution in [0.1, 0.15) is 31.2 Å². The van der Waals surface area contributed by atoms with Crippen LogP contribution in [0, 0.1) is 5.82 Å². The molecule has 0 N–H and O–H groups in total. The lowest BCUT2D eigenvalue weighted by Gasteiger charge is -2.34. The minimum absolute atomic E-state index is 0.0833. The van der Waals surface area contributed by atoms with Crippen molar-refractivity contribution in [2.75, 3.05) is 32.7 Å². The average Bonchev–Trinajstić information content (AvgIpc) is 3.11. The summed E-state index contributed by atoms with van der Waals surface area (Å²) in [5.41, 5.74) is 0.611. The molecule has 2 aromatic rings. The Morgan fingerprint density at radius 2 is 1.74 bits per heavy atom. The highest BCUT2D eigenvalue weighted by Crippen LogP contribution is 2.15. The summed E-state index contributed by atoms with van der Waals surface area (Å²) < 4.78 is 41.9. The zero-order chi connectivity index (χ0) is 19.4. The van der Waals surface area contributed by atoms with Crippen molar-refractivity contribution in [1.82, 2.24) is 18.8 Å². The molecule has 0 unspecified atom stereocenters. The summed E-state index contributed by atoms with van der Waals surface area (Å²) in [5.74, 6) is 1.02. The van der Waals surface area contributed by atoms with Crippen LogP contribution >= 0.6 is 0 Å². The predicted octanol–water partition coefficient (Wildman–Crippen LogP) is 2.29. The number of benzene rings is 1. The number of hydrogen-bond acceptors (Lipinski definition) is 4. The van der Waals surface area contributed by atoms with Gasteiger partial charge in [0.15, 0.2) is 0 Å². The lowest BCUT2D eigenvalue weighted by molar-refractivity contribution is 0.182. The van der Waals surface area contributed by atoms with E-state index in [0.29, 0.717) is 37.7 Å². The molecular weight excluding hydrogens is 367 g/mol. The summed E-state index contributed by atoms with van der Waals surface area (Å²) in [5, 5.41) is 0. The van der Waals surface area contributed by atoms with Crippen molar-refractivity contribution < 1.29 is 12.8 Å². The van der Waals surface area contributed by atoms with Crippen LogP contribution < -0.4 is 0 Å². The summed E-state index contributed by atoms with van der Waals surface area (Å²) in [6, 6.07) is 5.65. The SMILES string of the molecule is CC(C)c1nccn1CCN1CCN(S(=O)(=O)Cc2ccc(F)cc2)CC1. The highest BCUT2D eigenvalue weighted by Gasteiger charge is 2.27. The van der Waals surface area contributed by atoms with Gasteiger partial charge in [0, 0.05) is 57.6 Å². The quantitative estimate of drug-likeness (QED) is 0.723. The van der Waals surface area contributed by atoms with E-state index in [2.05, 4.69) is 28.3 Å². The molecule has 0 radical (unpaired) electrons. The predicted molar refractivity (Wildman–Crippen MR) is 103 cm³/mol. The first-order valence-corrected chi connectivity index (χ1v) is 10.9. The van der Waals surface area contributed by atoms with Gasteiger partial charge in [-0.2, -0.15) is 4.31 Å². The minimum Gasteiger partial charge on any atom is -0.333 e. The van der Waals surface area contributed by atoms with Gasteiger partial charge in [-0.05, 0) is 17.7 Å². The molecule has 0 atom stereocenters. The number of imidazole rings is 1. The molecule has 8 heteroatoms. The Morgan fingerprint density at radius 3 is 2.37 bits per heavy atom. The Hall–Kier alpha value is -1.77. The third-order valence-corrected chi connectivity index (χ3v) is 6.76. The fourth-order valence-electron chi connectivity index (χ4n) is 3.37. The van der Waals surface area contributed by atoms with Crippen LogP contribution in [0.5, 0.6) is 0 Å². The van der Waals surface area contributed by atoms with E-state index in [-0.39, 0.29) is 11.6 Å². The third kappa shape index (κ3) is 5.15.